The van der Waals surface area contributed by atoms with Gasteiger partial charge in [0.15, 0.2) is 11.5 Å². The van der Waals surface area contributed by atoms with E-state index in [1.54, 1.807) is 13.2 Å². The highest BCUT2D eigenvalue weighted by Crippen LogP contribution is 2.31. The monoisotopic (exact) mass is 221 g/mol. The summed E-state index contributed by atoms with van der Waals surface area (Å²) in [6.45, 7) is 4.80. The van der Waals surface area contributed by atoms with Crippen molar-refractivity contribution in [2.24, 2.45) is 5.73 Å². The van der Waals surface area contributed by atoms with Gasteiger partial charge in [-0.3, -0.25) is 0 Å². The molecule has 0 aliphatic rings. The molecule has 0 fully saturated rings. The number of rotatable bonds is 7. The molecule has 3 heteroatoms. The van der Waals surface area contributed by atoms with E-state index in [0.29, 0.717) is 13.2 Å². The van der Waals surface area contributed by atoms with E-state index >= 15 is 0 Å². The van der Waals surface area contributed by atoms with E-state index in [9.17, 15) is 0 Å². The first-order chi connectivity index (χ1) is 7.83. The van der Waals surface area contributed by atoms with Crippen molar-refractivity contribution in [1.29, 1.82) is 0 Å². The molecule has 88 valence electrons. The van der Waals surface area contributed by atoms with E-state index in [1.165, 1.54) is 0 Å². The summed E-state index contributed by atoms with van der Waals surface area (Å²) in [6.07, 6.45) is 3.57. The molecule has 2 N–H and O–H groups in total. The summed E-state index contributed by atoms with van der Waals surface area (Å²) in [5.74, 6) is 1.56. The molecule has 3 nitrogen and oxygen atoms in total. The summed E-state index contributed by atoms with van der Waals surface area (Å²) < 4.78 is 10.9. The summed E-state index contributed by atoms with van der Waals surface area (Å²) in [4.78, 5) is 0. The second kappa shape index (κ2) is 6.90. The molecule has 0 aromatic heterocycles. The van der Waals surface area contributed by atoms with E-state index < -0.39 is 0 Å². The number of nitrogens with two attached hydrogens (primary N) is 1. The molecule has 1 rings (SSSR count). The molecule has 0 saturated carbocycles. The summed E-state index contributed by atoms with van der Waals surface area (Å²) in [7, 11) is 1.64. The Morgan fingerprint density at radius 2 is 2.25 bits per heavy atom. The Morgan fingerprint density at radius 3 is 2.88 bits per heavy atom. The van der Waals surface area contributed by atoms with Crippen LogP contribution in [0.1, 0.15) is 12.0 Å². The van der Waals surface area contributed by atoms with Gasteiger partial charge in [-0.2, -0.15) is 0 Å². The lowest BCUT2D eigenvalue weighted by molar-refractivity contribution is 0.323. The van der Waals surface area contributed by atoms with Crippen LogP contribution in [0.2, 0.25) is 0 Å². The number of benzene rings is 1. The minimum atomic E-state index is 0.482. The molecule has 1 aromatic carbocycles. The SMILES string of the molecule is C=CCOc1c(CCCN)cccc1OC. The molecule has 16 heavy (non-hydrogen) atoms. The number of methoxy groups -OCH3 is 1. The number of para-hydroxylation sites is 1. The first-order valence-electron chi connectivity index (χ1n) is 5.43. The van der Waals surface area contributed by atoms with Gasteiger partial charge in [-0.15, -0.1) is 0 Å². The quantitative estimate of drug-likeness (QED) is 0.717. The lowest BCUT2D eigenvalue weighted by atomic mass is 10.1. The standard InChI is InChI=1S/C13H19NO2/c1-3-10-16-13-11(7-5-9-14)6-4-8-12(13)15-2/h3-4,6,8H,1,5,7,9-10,14H2,2H3. The molecule has 0 atom stereocenters. The lowest BCUT2D eigenvalue weighted by Gasteiger charge is -2.13. The molecule has 0 heterocycles. The first kappa shape index (κ1) is 12.6. The maximum Gasteiger partial charge on any atom is 0.164 e. The fraction of sp³-hybridized carbons (Fsp3) is 0.385. The van der Waals surface area contributed by atoms with Gasteiger partial charge in [0.1, 0.15) is 6.61 Å². The second-order valence-corrected chi connectivity index (χ2v) is 3.44. The van der Waals surface area contributed by atoms with Gasteiger partial charge in [0.25, 0.3) is 0 Å². The van der Waals surface area contributed by atoms with Crippen LogP contribution in [0.15, 0.2) is 30.9 Å². The second-order valence-electron chi connectivity index (χ2n) is 3.44. The number of hydrogen-bond acceptors (Lipinski definition) is 3. The van der Waals surface area contributed by atoms with E-state index in [-0.39, 0.29) is 0 Å². The van der Waals surface area contributed by atoms with Crippen molar-refractivity contribution in [3.63, 3.8) is 0 Å². The van der Waals surface area contributed by atoms with Crippen LogP contribution in [0.3, 0.4) is 0 Å². The zero-order valence-electron chi connectivity index (χ0n) is 9.74. The van der Waals surface area contributed by atoms with Crippen LogP contribution in [0.5, 0.6) is 11.5 Å². The Morgan fingerprint density at radius 1 is 1.44 bits per heavy atom. The maximum atomic E-state index is 5.62. The summed E-state index contributed by atoms with van der Waals surface area (Å²) in [5, 5.41) is 0. The molecule has 0 bridgehead atoms. The predicted octanol–water partition coefficient (Wildman–Crippen LogP) is 2.15. The zero-order valence-corrected chi connectivity index (χ0v) is 9.74. The Labute approximate surface area is 96.9 Å². The van der Waals surface area contributed by atoms with Crippen LogP contribution >= 0.6 is 0 Å². The molecule has 0 aliphatic heterocycles. The average molecular weight is 221 g/mol. The van der Waals surface area contributed by atoms with E-state index in [0.717, 1.165) is 29.9 Å². The molecule has 0 radical (unpaired) electrons. The summed E-state index contributed by atoms with van der Waals surface area (Å²) in [5.41, 5.74) is 6.64. The molecular weight excluding hydrogens is 202 g/mol. The first-order valence-corrected chi connectivity index (χ1v) is 5.43. The van der Waals surface area contributed by atoms with Crippen LogP contribution in [-0.4, -0.2) is 20.3 Å². The van der Waals surface area contributed by atoms with Crippen LogP contribution in [0, 0.1) is 0 Å². The number of ether oxygens (including phenoxy) is 2. The van der Waals surface area contributed by atoms with Gasteiger partial charge in [-0.1, -0.05) is 24.8 Å². The molecular formula is C13H19NO2. The molecule has 0 aliphatic carbocycles. The van der Waals surface area contributed by atoms with E-state index in [4.69, 9.17) is 15.2 Å². The Hall–Kier alpha value is -1.48. The number of aryl methyl sites for hydroxylation is 1. The smallest absolute Gasteiger partial charge is 0.164 e. The normalized spacial score (nSPS) is 9.88. The van der Waals surface area contributed by atoms with Crippen molar-refractivity contribution in [2.45, 2.75) is 12.8 Å². The largest absolute Gasteiger partial charge is 0.493 e. The van der Waals surface area contributed by atoms with Crippen molar-refractivity contribution in [3.8, 4) is 11.5 Å². The van der Waals surface area contributed by atoms with Crippen LogP contribution in [0.25, 0.3) is 0 Å². The van der Waals surface area contributed by atoms with Gasteiger partial charge >= 0.3 is 0 Å². The summed E-state index contributed by atoms with van der Waals surface area (Å²) >= 11 is 0. The fourth-order valence-electron chi connectivity index (χ4n) is 1.52. The average Bonchev–Trinajstić information content (AvgIpc) is 2.33. The van der Waals surface area contributed by atoms with Crippen molar-refractivity contribution in [1.82, 2.24) is 0 Å². The minimum absolute atomic E-state index is 0.482. The number of hydrogen-bond donors (Lipinski definition) is 1. The third kappa shape index (κ3) is 3.28. The lowest BCUT2D eigenvalue weighted by Crippen LogP contribution is -2.04. The van der Waals surface area contributed by atoms with Gasteiger partial charge in [-0.05, 0) is 31.0 Å². The minimum Gasteiger partial charge on any atom is -0.493 e. The van der Waals surface area contributed by atoms with Gasteiger partial charge in [0.05, 0.1) is 7.11 Å². The van der Waals surface area contributed by atoms with Crippen molar-refractivity contribution in [3.05, 3.63) is 36.4 Å². The molecule has 0 unspecified atom stereocenters. The molecule has 1 aromatic rings. The van der Waals surface area contributed by atoms with Crippen LogP contribution in [0.4, 0.5) is 0 Å². The highest BCUT2D eigenvalue weighted by Gasteiger charge is 2.09. The van der Waals surface area contributed by atoms with Gasteiger partial charge in [-0.25, -0.2) is 0 Å². The predicted molar refractivity (Wildman–Crippen MR) is 66.1 cm³/mol. The highest BCUT2D eigenvalue weighted by atomic mass is 16.5. The molecule has 0 amide bonds. The Kier molecular flexibility index (Phi) is 5.43. The topological polar surface area (TPSA) is 44.5 Å². The van der Waals surface area contributed by atoms with Gasteiger partial charge in [0, 0.05) is 0 Å². The summed E-state index contributed by atoms with van der Waals surface area (Å²) in [6, 6.07) is 5.90. The fourth-order valence-corrected chi connectivity index (χ4v) is 1.52. The van der Waals surface area contributed by atoms with E-state index in [2.05, 4.69) is 6.58 Å². The Bertz CT molecular complexity index is 337. The Balaban J connectivity index is 2.90. The maximum absolute atomic E-state index is 5.62. The van der Waals surface area contributed by atoms with Crippen molar-refractivity contribution >= 4 is 0 Å². The molecule has 0 saturated heterocycles. The van der Waals surface area contributed by atoms with Gasteiger partial charge < -0.3 is 15.2 Å². The van der Waals surface area contributed by atoms with Crippen LogP contribution < -0.4 is 15.2 Å². The zero-order chi connectivity index (χ0) is 11.8. The van der Waals surface area contributed by atoms with E-state index in [1.807, 2.05) is 18.2 Å². The van der Waals surface area contributed by atoms with Crippen molar-refractivity contribution in [2.75, 3.05) is 20.3 Å². The highest BCUT2D eigenvalue weighted by molar-refractivity contribution is 5.46. The molecule has 0 spiro atoms. The van der Waals surface area contributed by atoms with Gasteiger partial charge in [0.2, 0.25) is 0 Å². The van der Waals surface area contributed by atoms with Crippen LogP contribution in [-0.2, 0) is 6.42 Å². The van der Waals surface area contributed by atoms with Crippen molar-refractivity contribution < 1.29 is 9.47 Å². The third-order valence-electron chi connectivity index (χ3n) is 2.28. The third-order valence-corrected chi connectivity index (χ3v) is 2.28.